The first-order chi connectivity index (χ1) is 8.96. The van der Waals surface area contributed by atoms with Crippen molar-refractivity contribution in [2.45, 2.75) is 51.3 Å². The summed E-state index contributed by atoms with van der Waals surface area (Å²) in [5.74, 6) is -0.136. The molecule has 6 heteroatoms. The highest BCUT2D eigenvalue weighted by Gasteiger charge is 2.42. The molecule has 0 fully saturated rings. The van der Waals surface area contributed by atoms with Crippen LogP contribution in [0, 0.1) is 0 Å². The van der Waals surface area contributed by atoms with Crippen LogP contribution < -0.4 is 5.32 Å². The average molecular weight is 283 g/mol. The molecule has 2 amide bonds. The Morgan fingerprint density at radius 2 is 2.16 bits per heavy atom. The van der Waals surface area contributed by atoms with Crippen LogP contribution in [-0.4, -0.2) is 26.9 Å². The Balaban J connectivity index is 2.86. The molecule has 106 valence electrons. The maximum absolute atomic E-state index is 12.0. The van der Waals surface area contributed by atoms with Gasteiger partial charge in [0.05, 0.1) is 0 Å². The number of hydrazone groups is 1. The highest BCUT2D eigenvalue weighted by Crippen LogP contribution is 2.40. The van der Waals surface area contributed by atoms with E-state index in [4.69, 9.17) is 0 Å². The fourth-order valence-corrected chi connectivity index (χ4v) is 2.88. The van der Waals surface area contributed by atoms with E-state index in [1.165, 1.54) is 16.8 Å². The van der Waals surface area contributed by atoms with E-state index in [9.17, 15) is 9.59 Å². The lowest BCUT2D eigenvalue weighted by Gasteiger charge is -2.30. The normalized spacial score (nSPS) is 22.1. The van der Waals surface area contributed by atoms with Crippen molar-refractivity contribution in [2.75, 3.05) is 0 Å². The van der Waals surface area contributed by atoms with Gasteiger partial charge in [-0.3, -0.25) is 9.59 Å². The van der Waals surface area contributed by atoms with Crippen molar-refractivity contribution in [1.29, 1.82) is 0 Å². The number of hydrogen-bond acceptors (Lipinski definition) is 4. The second kappa shape index (κ2) is 6.75. The predicted octanol–water partition coefficient (Wildman–Crippen LogP) is 2.45. The number of thioether (sulfide) groups is 1. The maximum Gasteiger partial charge on any atom is 0.243 e. The summed E-state index contributed by atoms with van der Waals surface area (Å²) in [4.78, 5) is 22.9. The first-order valence-corrected chi connectivity index (χ1v) is 7.30. The quantitative estimate of drug-likeness (QED) is 0.788. The monoisotopic (exact) mass is 283 g/mol. The van der Waals surface area contributed by atoms with Crippen molar-refractivity contribution in [3.63, 3.8) is 0 Å². The molecule has 0 aromatic rings. The zero-order valence-corrected chi connectivity index (χ0v) is 12.5. The summed E-state index contributed by atoms with van der Waals surface area (Å²) >= 11 is 1.42. The second-order valence-electron chi connectivity index (χ2n) is 4.47. The van der Waals surface area contributed by atoms with Crippen LogP contribution >= 0.6 is 11.8 Å². The van der Waals surface area contributed by atoms with Crippen molar-refractivity contribution in [3.05, 3.63) is 12.7 Å². The summed E-state index contributed by atoms with van der Waals surface area (Å²) < 4.78 is 0. The van der Waals surface area contributed by atoms with Crippen LogP contribution in [0.3, 0.4) is 0 Å². The largest absolute Gasteiger partial charge is 0.304 e. The summed E-state index contributed by atoms with van der Waals surface area (Å²) in [7, 11) is 0. The minimum absolute atomic E-state index is 0.0418. The Labute approximate surface area is 118 Å². The third-order valence-corrected chi connectivity index (χ3v) is 4.07. The molecule has 1 rings (SSSR count). The van der Waals surface area contributed by atoms with Gasteiger partial charge in [0.25, 0.3) is 0 Å². The number of carbonyl (C=O) groups excluding carboxylic acids is 2. The van der Waals surface area contributed by atoms with Crippen molar-refractivity contribution in [2.24, 2.45) is 5.10 Å². The molecule has 1 unspecified atom stereocenters. The van der Waals surface area contributed by atoms with E-state index >= 15 is 0 Å². The third-order valence-electron chi connectivity index (χ3n) is 2.87. The van der Waals surface area contributed by atoms with Crippen LogP contribution in [0.2, 0.25) is 0 Å². The molecule has 1 aliphatic heterocycles. The molecule has 1 heterocycles. The molecule has 19 heavy (non-hydrogen) atoms. The van der Waals surface area contributed by atoms with Gasteiger partial charge in [-0.2, -0.15) is 0 Å². The minimum atomic E-state index is -0.447. The number of amides is 2. The minimum Gasteiger partial charge on any atom is -0.304 e. The van der Waals surface area contributed by atoms with Gasteiger partial charge < -0.3 is 5.32 Å². The molecule has 1 aliphatic rings. The van der Waals surface area contributed by atoms with Crippen LogP contribution in [-0.2, 0) is 9.59 Å². The lowest BCUT2D eigenvalue weighted by atomic mass is 10.1. The smallest absolute Gasteiger partial charge is 0.243 e. The van der Waals surface area contributed by atoms with Crippen molar-refractivity contribution in [1.82, 2.24) is 10.3 Å². The molecule has 0 aliphatic carbocycles. The topological polar surface area (TPSA) is 61.8 Å². The summed E-state index contributed by atoms with van der Waals surface area (Å²) in [5, 5.41) is 8.97. The molecule has 0 aromatic heterocycles. The van der Waals surface area contributed by atoms with E-state index in [-0.39, 0.29) is 11.8 Å². The van der Waals surface area contributed by atoms with Gasteiger partial charge in [0.1, 0.15) is 4.87 Å². The Kier molecular flexibility index (Phi) is 5.60. The van der Waals surface area contributed by atoms with Gasteiger partial charge in [-0.1, -0.05) is 31.7 Å². The number of nitrogens with zero attached hydrogens (tertiary/aromatic N) is 2. The number of amidine groups is 1. The van der Waals surface area contributed by atoms with Gasteiger partial charge in [-0.15, -0.1) is 11.7 Å². The van der Waals surface area contributed by atoms with Gasteiger partial charge in [0, 0.05) is 12.8 Å². The molecule has 1 N–H and O–H groups in total. The number of carbonyl (C=O) groups is 2. The van der Waals surface area contributed by atoms with Gasteiger partial charge in [-0.05, 0) is 19.8 Å². The zero-order valence-electron chi connectivity index (χ0n) is 11.7. The Hall–Kier alpha value is -1.30. The molecule has 0 radical (unpaired) electrons. The van der Waals surface area contributed by atoms with E-state index < -0.39 is 4.87 Å². The van der Waals surface area contributed by atoms with Crippen molar-refractivity contribution in [3.8, 4) is 0 Å². The highest BCUT2D eigenvalue weighted by molar-refractivity contribution is 8.15. The number of hydrogen-bond donors (Lipinski definition) is 1. The summed E-state index contributed by atoms with van der Waals surface area (Å²) in [6, 6.07) is 0. The Morgan fingerprint density at radius 1 is 1.47 bits per heavy atom. The van der Waals surface area contributed by atoms with E-state index in [0.29, 0.717) is 18.0 Å². The number of allylic oxidation sites excluding steroid dienone is 1. The molecule has 0 bridgehead atoms. The van der Waals surface area contributed by atoms with Crippen LogP contribution in [0.25, 0.3) is 0 Å². The predicted molar refractivity (Wildman–Crippen MR) is 78.4 cm³/mol. The van der Waals surface area contributed by atoms with Crippen molar-refractivity contribution < 1.29 is 9.59 Å². The molecule has 0 saturated carbocycles. The van der Waals surface area contributed by atoms with Crippen LogP contribution in [0.4, 0.5) is 0 Å². The second-order valence-corrected chi connectivity index (χ2v) is 5.94. The third kappa shape index (κ3) is 3.83. The zero-order chi connectivity index (χ0) is 14.5. The molecular formula is C13H21N3O2S. The van der Waals surface area contributed by atoms with Crippen molar-refractivity contribution >= 4 is 28.7 Å². The first kappa shape index (κ1) is 15.8. The summed E-state index contributed by atoms with van der Waals surface area (Å²) in [6.45, 7) is 9.25. The Morgan fingerprint density at radius 3 is 2.68 bits per heavy atom. The average Bonchev–Trinajstić information content (AvgIpc) is 2.72. The Bertz CT molecular complexity index is 409. The fraction of sp³-hybridized carbons (Fsp3) is 0.615. The van der Waals surface area contributed by atoms with Gasteiger partial charge in [0.15, 0.2) is 5.17 Å². The first-order valence-electron chi connectivity index (χ1n) is 6.48. The highest BCUT2D eigenvalue weighted by atomic mass is 32.2. The summed E-state index contributed by atoms with van der Waals surface area (Å²) in [6.07, 6.45) is 4.15. The SMILES string of the molecule is C=CCCC1(C)SC(NC(=O)CC)=NN1C(=O)CC. The van der Waals surface area contributed by atoms with Gasteiger partial charge in [-0.25, -0.2) is 5.01 Å². The van der Waals surface area contributed by atoms with E-state index in [1.807, 2.05) is 13.0 Å². The molecule has 0 saturated heterocycles. The standard InChI is InChI=1S/C13H21N3O2S/c1-5-8-9-13(4)16(11(18)7-3)15-12(19-13)14-10(17)6-2/h5H,1,6-9H2,2-4H3,(H,14,15,17). The van der Waals surface area contributed by atoms with E-state index in [1.54, 1.807) is 13.8 Å². The van der Waals surface area contributed by atoms with E-state index in [2.05, 4.69) is 17.0 Å². The lowest BCUT2D eigenvalue weighted by molar-refractivity contribution is -0.133. The lowest BCUT2D eigenvalue weighted by Crippen LogP contribution is -2.40. The fourth-order valence-electron chi connectivity index (χ4n) is 1.72. The molecule has 5 nitrogen and oxygen atoms in total. The molecule has 0 spiro atoms. The maximum atomic E-state index is 12.0. The van der Waals surface area contributed by atoms with E-state index in [0.717, 1.165) is 12.8 Å². The molecular weight excluding hydrogens is 262 g/mol. The molecule has 1 atom stereocenters. The van der Waals surface area contributed by atoms with Gasteiger partial charge >= 0.3 is 0 Å². The molecule has 0 aromatic carbocycles. The van der Waals surface area contributed by atoms with Crippen LogP contribution in [0.1, 0.15) is 46.5 Å². The van der Waals surface area contributed by atoms with Crippen LogP contribution in [0.15, 0.2) is 17.8 Å². The number of nitrogens with one attached hydrogen (secondary N) is 1. The summed E-state index contributed by atoms with van der Waals surface area (Å²) in [5.41, 5.74) is 0. The van der Waals surface area contributed by atoms with Crippen LogP contribution in [0.5, 0.6) is 0 Å². The number of rotatable bonds is 5. The van der Waals surface area contributed by atoms with Gasteiger partial charge in [0.2, 0.25) is 11.8 Å².